The monoisotopic (exact) mass is 508 g/mol. The van der Waals surface area contributed by atoms with Gasteiger partial charge in [-0.1, -0.05) is 0 Å². The van der Waals surface area contributed by atoms with Gasteiger partial charge in [-0.2, -0.15) is 10.4 Å². The third-order valence-corrected chi connectivity index (χ3v) is 6.50. The maximum Gasteiger partial charge on any atom is 0.267 e. The molecular weight excluding hydrogens is 494 g/mol. The van der Waals surface area contributed by atoms with E-state index in [1.54, 1.807) is 24.5 Å². The van der Waals surface area contributed by atoms with Crippen molar-refractivity contribution < 1.29 is 21.9 Å². The molecular formula is C22H14F2N8O3S. The van der Waals surface area contributed by atoms with E-state index in [9.17, 15) is 12.8 Å². The average molecular weight is 508 g/mol. The summed E-state index contributed by atoms with van der Waals surface area (Å²) in [6.45, 7) is 0. The van der Waals surface area contributed by atoms with Crippen LogP contribution in [0, 0.1) is 23.0 Å². The standard InChI is InChI=1S/C22H14F2N8O3S/c1-35-22-17(8-12(9-25)10-28-22)36(33,34)31-15-3-2-13(23)18(19(15)24)14-4-5-16-20(21-26-6-7-27-21)29-11-32(16)30-14/h2-8,10-11,31H,1H3,(H,26,27). The van der Waals surface area contributed by atoms with E-state index in [2.05, 4.69) is 29.8 Å². The third kappa shape index (κ3) is 3.87. The summed E-state index contributed by atoms with van der Waals surface area (Å²) >= 11 is 0. The number of sulfonamides is 1. The highest BCUT2D eigenvalue weighted by molar-refractivity contribution is 7.92. The van der Waals surface area contributed by atoms with Crippen molar-refractivity contribution in [3.63, 3.8) is 0 Å². The highest BCUT2D eigenvalue weighted by Crippen LogP contribution is 2.32. The molecule has 0 amide bonds. The molecule has 0 bridgehead atoms. The van der Waals surface area contributed by atoms with E-state index in [-0.39, 0.29) is 17.1 Å². The van der Waals surface area contributed by atoms with E-state index >= 15 is 4.39 Å². The molecule has 0 saturated heterocycles. The largest absolute Gasteiger partial charge is 0.480 e. The summed E-state index contributed by atoms with van der Waals surface area (Å²) in [5, 5.41) is 13.3. The van der Waals surface area contributed by atoms with Gasteiger partial charge in [0.05, 0.1) is 35.1 Å². The lowest BCUT2D eigenvalue weighted by atomic mass is 10.1. The summed E-state index contributed by atoms with van der Waals surface area (Å²) < 4.78 is 64.6. The Morgan fingerprint density at radius 1 is 1.17 bits per heavy atom. The number of hydrogen-bond acceptors (Lipinski definition) is 8. The fourth-order valence-electron chi connectivity index (χ4n) is 3.51. The van der Waals surface area contributed by atoms with Crippen LogP contribution < -0.4 is 9.46 Å². The second-order valence-corrected chi connectivity index (χ2v) is 8.96. The normalized spacial score (nSPS) is 11.4. The molecule has 0 saturated carbocycles. The van der Waals surface area contributed by atoms with Gasteiger partial charge >= 0.3 is 0 Å². The highest BCUT2D eigenvalue weighted by atomic mass is 32.2. The smallest absolute Gasteiger partial charge is 0.267 e. The van der Waals surface area contributed by atoms with Crippen molar-refractivity contribution in [3.05, 3.63) is 72.4 Å². The second kappa shape index (κ2) is 8.71. The molecule has 11 nitrogen and oxygen atoms in total. The van der Waals surface area contributed by atoms with Crippen molar-refractivity contribution in [2.75, 3.05) is 11.8 Å². The fourth-order valence-corrected chi connectivity index (χ4v) is 4.71. The molecule has 0 atom stereocenters. The van der Waals surface area contributed by atoms with E-state index in [1.165, 1.54) is 24.0 Å². The second-order valence-electron chi connectivity index (χ2n) is 7.31. The fraction of sp³-hybridized carbons (Fsp3) is 0.0455. The molecule has 180 valence electrons. The molecule has 0 radical (unpaired) electrons. The van der Waals surface area contributed by atoms with Crippen LogP contribution in [0.5, 0.6) is 5.88 Å². The number of anilines is 1. The Hall–Kier alpha value is -4.90. The quantitative estimate of drug-likeness (QED) is 0.355. The summed E-state index contributed by atoms with van der Waals surface area (Å²) in [6, 6.07) is 7.59. The number of H-pyrrole nitrogens is 1. The van der Waals surface area contributed by atoms with Gasteiger partial charge in [0.2, 0.25) is 5.88 Å². The summed E-state index contributed by atoms with van der Waals surface area (Å²) in [5.41, 5.74) is -0.233. The van der Waals surface area contributed by atoms with Crippen LogP contribution in [0.15, 0.2) is 60.1 Å². The summed E-state index contributed by atoms with van der Waals surface area (Å²) in [7, 11) is -3.28. The van der Waals surface area contributed by atoms with E-state index < -0.39 is 37.8 Å². The lowest BCUT2D eigenvalue weighted by Gasteiger charge is -2.14. The van der Waals surface area contributed by atoms with E-state index in [4.69, 9.17) is 10.00 Å². The predicted molar refractivity (Wildman–Crippen MR) is 122 cm³/mol. The first kappa shape index (κ1) is 22.9. The number of ether oxygens (including phenoxy) is 1. The average Bonchev–Trinajstić information content (AvgIpc) is 3.55. The Morgan fingerprint density at radius 3 is 2.72 bits per heavy atom. The Kier molecular flexibility index (Phi) is 5.53. The number of methoxy groups -OCH3 is 1. The highest BCUT2D eigenvalue weighted by Gasteiger charge is 2.26. The molecule has 0 fully saturated rings. The Morgan fingerprint density at radius 2 is 2.00 bits per heavy atom. The predicted octanol–water partition coefficient (Wildman–Crippen LogP) is 3.14. The van der Waals surface area contributed by atoms with Crippen molar-refractivity contribution >= 4 is 21.2 Å². The molecule has 4 aromatic heterocycles. The van der Waals surface area contributed by atoms with Crippen LogP contribution in [0.2, 0.25) is 0 Å². The maximum atomic E-state index is 15.5. The van der Waals surface area contributed by atoms with Crippen molar-refractivity contribution in [2.45, 2.75) is 4.90 Å². The molecule has 0 spiro atoms. The van der Waals surface area contributed by atoms with Crippen molar-refractivity contribution in [2.24, 2.45) is 0 Å². The van der Waals surface area contributed by atoms with Crippen LogP contribution in [-0.2, 0) is 10.0 Å². The van der Waals surface area contributed by atoms with E-state index in [0.29, 0.717) is 17.0 Å². The third-order valence-electron chi connectivity index (χ3n) is 5.14. The molecule has 2 N–H and O–H groups in total. The summed E-state index contributed by atoms with van der Waals surface area (Å²) in [4.78, 5) is 14.6. The molecule has 14 heteroatoms. The van der Waals surface area contributed by atoms with Crippen molar-refractivity contribution in [3.8, 4) is 34.7 Å². The Bertz CT molecular complexity index is 1760. The first-order valence-corrected chi connectivity index (χ1v) is 11.6. The number of aromatic nitrogens is 6. The number of nitrogens with zero attached hydrogens (tertiary/aromatic N) is 6. The minimum atomic E-state index is -4.48. The molecule has 0 aliphatic carbocycles. The molecule has 5 aromatic rings. The number of aromatic amines is 1. The van der Waals surface area contributed by atoms with Crippen LogP contribution in [0.1, 0.15) is 5.56 Å². The molecule has 5 rings (SSSR count). The van der Waals surface area contributed by atoms with Crippen LogP contribution in [0.4, 0.5) is 14.5 Å². The van der Waals surface area contributed by atoms with Crippen molar-refractivity contribution in [1.82, 2.24) is 29.5 Å². The topological polar surface area (TPSA) is 151 Å². The van der Waals surface area contributed by atoms with Gasteiger partial charge in [0, 0.05) is 18.6 Å². The number of benzene rings is 1. The maximum absolute atomic E-state index is 15.5. The van der Waals surface area contributed by atoms with Gasteiger partial charge in [-0.05, 0) is 30.3 Å². The lowest BCUT2D eigenvalue weighted by Crippen LogP contribution is -2.16. The van der Waals surface area contributed by atoms with E-state index in [0.717, 1.165) is 24.4 Å². The van der Waals surface area contributed by atoms with Crippen LogP contribution in [0.25, 0.3) is 28.3 Å². The first-order chi connectivity index (χ1) is 17.3. The zero-order valence-electron chi connectivity index (χ0n) is 18.3. The van der Waals surface area contributed by atoms with Gasteiger partial charge < -0.3 is 9.72 Å². The number of rotatable bonds is 6. The molecule has 4 heterocycles. The van der Waals surface area contributed by atoms with Gasteiger partial charge in [0.25, 0.3) is 10.0 Å². The number of imidazole rings is 2. The van der Waals surface area contributed by atoms with Gasteiger partial charge in [-0.3, -0.25) is 4.72 Å². The van der Waals surface area contributed by atoms with Crippen molar-refractivity contribution in [1.29, 1.82) is 5.26 Å². The first-order valence-electron chi connectivity index (χ1n) is 10.1. The molecule has 36 heavy (non-hydrogen) atoms. The Balaban J connectivity index is 1.56. The number of nitrogens with one attached hydrogen (secondary N) is 2. The minimum absolute atomic E-state index is 0.0526. The molecule has 0 aliphatic heterocycles. The minimum Gasteiger partial charge on any atom is -0.480 e. The molecule has 1 aromatic carbocycles. The number of pyridine rings is 1. The molecule has 0 aliphatic rings. The number of hydrogen-bond donors (Lipinski definition) is 2. The number of halogens is 2. The Labute approximate surface area is 202 Å². The van der Waals surface area contributed by atoms with Crippen LogP contribution >= 0.6 is 0 Å². The number of fused-ring (bicyclic) bond motifs is 1. The van der Waals surface area contributed by atoms with Gasteiger partial charge in [-0.25, -0.2) is 36.7 Å². The summed E-state index contributed by atoms with van der Waals surface area (Å²) in [6.07, 6.45) is 5.67. The molecule has 0 unspecified atom stereocenters. The van der Waals surface area contributed by atoms with Crippen LogP contribution in [0.3, 0.4) is 0 Å². The van der Waals surface area contributed by atoms with E-state index in [1.807, 2.05) is 0 Å². The van der Waals surface area contributed by atoms with Gasteiger partial charge in [-0.15, -0.1) is 0 Å². The van der Waals surface area contributed by atoms with Gasteiger partial charge in [0.15, 0.2) is 16.5 Å². The SMILES string of the molecule is COc1ncc(C#N)cc1S(=O)(=O)Nc1ccc(F)c(-c2ccc3c(-c4ncc[nH]4)ncn3n2)c1F. The van der Waals surface area contributed by atoms with Gasteiger partial charge in [0.1, 0.15) is 23.9 Å². The van der Waals surface area contributed by atoms with Crippen LogP contribution in [-0.4, -0.2) is 45.1 Å². The zero-order chi connectivity index (χ0) is 25.4. The zero-order valence-corrected chi connectivity index (χ0v) is 19.1. The lowest BCUT2D eigenvalue weighted by molar-refractivity contribution is 0.385. The summed E-state index contributed by atoms with van der Waals surface area (Å²) in [5.74, 6) is -1.96. The number of nitriles is 1.